The second kappa shape index (κ2) is 11.8. The van der Waals surface area contributed by atoms with Crippen LogP contribution in [0, 0.1) is 10.1 Å². The van der Waals surface area contributed by atoms with E-state index in [4.69, 9.17) is 21.1 Å². The van der Waals surface area contributed by atoms with Crippen molar-refractivity contribution in [1.82, 2.24) is 30.0 Å². The Balaban J connectivity index is 0.000000212. The highest BCUT2D eigenvalue weighted by atomic mass is 16.6. The van der Waals surface area contributed by atoms with Gasteiger partial charge in [-0.05, 0) is 36.4 Å². The zero-order valence-corrected chi connectivity index (χ0v) is 17.1. The maximum atomic E-state index is 10.4. The highest BCUT2D eigenvalue weighted by Crippen LogP contribution is 2.14. The van der Waals surface area contributed by atoms with E-state index in [1.807, 2.05) is 12.1 Å². The van der Waals surface area contributed by atoms with E-state index < -0.39 is 4.92 Å². The number of anilines is 1. The Bertz CT molecular complexity index is 1110. The van der Waals surface area contributed by atoms with Crippen LogP contribution in [0.3, 0.4) is 0 Å². The van der Waals surface area contributed by atoms with Gasteiger partial charge in [0.2, 0.25) is 0 Å². The smallest absolute Gasteiger partial charge is 0.269 e. The third-order valence-corrected chi connectivity index (χ3v) is 3.89. The molecule has 4 rings (SSSR count). The first kappa shape index (κ1) is 24.1. The number of aromatic nitrogens is 6. The minimum atomic E-state index is -0.468. The van der Waals surface area contributed by atoms with Gasteiger partial charge < -0.3 is 21.1 Å². The molecule has 2 aromatic carbocycles. The number of aliphatic hydroxyl groups excluding tert-OH is 3. The van der Waals surface area contributed by atoms with Crippen molar-refractivity contribution in [3.05, 3.63) is 82.4 Å². The van der Waals surface area contributed by atoms with Crippen LogP contribution in [0.1, 0.15) is 11.4 Å². The predicted octanol–water partition coefficient (Wildman–Crippen LogP) is 0.618. The lowest BCUT2D eigenvalue weighted by atomic mass is 10.3. The van der Waals surface area contributed by atoms with Gasteiger partial charge in [0.25, 0.3) is 5.69 Å². The number of hydrogen-bond donors (Lipinski definition) is 4. The molecule has 0 fully saturated rings. The number of non-ortho nitro benzene ring substituents is 1. The van der Waals surface area contributed by atoms with Gasteiger partial charge >= 0.3 is 0 Å². The van der Waals surface area contributed by atoms with Crippen molar-refractivity contribution in [2.24, 2.45) is 0 Å². The van der Waals surface area contributed by atoms with E-state index in [1.54, 1.807) is 41.3 Å². The van der Waals surface area contributed by atoms with Crippen LogP contribution in [0.15, 0.2) is 60.9 Å². The van der Waals surface area contributed by atoms with E-state index >= 15 is 0 Å². The second-order valence-electron chi connectivity index (χ2n) is 5.99. The zero-order valence-electron chi connectivity index (χ0n) is 17.1. The number of nitrogen functional groups attached to an aromatic ring is 1. The van der Waals surface area contributed by atoms with Crippen LogP contribution in [0.4, 0.5) is 11.4 Å². The Kier molecular flexibility index (Phi) is 8.91. The van der Waals surface area contributed by atoms with Crippen molar-refractivity contribution in [3.63, 3.8) is 0 Å². The molecule has 0 aliphatic heterocycles. The number of benzene rings is 2. The first-order chi connectivity index (χ1) is 15.5. The molecule has 2 heterocycles. The number of rotatable bonds is 5. The molecule has 4 aromatic rings. The Labute approximate surface area is 182 Å². The molecule has 0 aliphatic carbocycles. The van der Waals surface area contributed by atoms with E-state index in [0.29, 0.717) is 22.8 Å². The molecule has 0 atom stereocenters. The average Bonchev–Trinajstić information content (AvgIpc) is 3.51. The maximum absolute atomic E-state index is 10.4. The number of nitro groups is 1. The quantitative estimate of drug-likeness (QED) is 0.193. The Morgan fingerprint density at radius 1 is 0.844 bits per heavy atom. The van der Waals surface area contributed by atoms with Crippen LogP contribution in [0.2, 0.25) is 0 Å². The summed E-state index contributed by atoms with van der Waals surface area (Å²) in [5.74, 6) is 0. The minimum absolute atomic E-state index is 0.0197. The van der Waals surface area contributed by atoms with Gasteiger partial charge in [-0.15, -0.1) is 10.2 Å². The van der Waals surface area contributed by atoms with Gasteiger partial charge in [-0.1, -0.05) is 10.4 Å². The summed E-state index contributed by atoms with van der Waals surface area (Å²) in [6, 6.07) is 13.1. The first-order valence-corrected chi connectivity index (χ1v) is 9.10. The second-order valence-corrected chi connectivity index (χ2v) is 5.99. The van der Waals surface area contributed by atoms with Crippen LogP contribution < -0.4 is 5.73 Å². The lowest BCUT2D eigenvalue weighted by molar-refractivity contribution is -0.384. The molecule has 2 aromatic heterocycles. The third kappa shape index (κ3) is 6.40. The lowest BCUT2D eigenvalue weighted by Gasteiger charge is -1.99. The molecule has 0 saturated carbocycles. The fraction of sp³-hybridized carbons (Fsp3) is 0.158. The molecule has 0 unspecified atom stereocenters. The van der Waals surface area contributed by atoms with Gasteiger partial charge in [0.05, 0.1) is 41.9 Å². The van der Waals surface area contributed by atoms with Gasteiger partial charge in [0.15, 0.2) is 0 Å². The molecule has 13 nitrogen and oxygen atoms in total. The van der Waals surface area contributed by atoms with E-state index in [2.05, 4.69) is 20.6 Å². The molecule has 0 amide bonds. The van der Waals surface area contributed by atoms with Gasteiger partial charge in [-0.2, -0.15) is 0 Å². The van der Waals surface area contributed by atoms with E-state index in [-0.39, 0.29) is 18.9 Å². The monoisotopic (exact) mass is 442 g/mol. The largest absolute Gasteiger partial charge is 0.400 e. The van der Waals surface area contributed by atoms with E-state index in [1.165, 1.54) is 16.8 Å². The molecule has 5 N–H and O–H groups in total. The zero-order chi connectivity index (χ0) is 23.5. The molecule has 0 aliphatic rings. The van der Waals surface area contributed by atoms with Crippen molar-refractivity contribution < 1.29 is 20.2 Å². The van der Waals surface area contributed by atoms with Crippen LogP contribution >= 0.6 is 0 Å². The van der Waals surface area contributed by atoms with Crippen molar-refractivity contribution >= 4 is 11.4 Å². The Hall–Kier alpha value is -4.20. The first-order valence-electron chi connectivity index (χ1n) is 9.10. The van der Waals surface area contributed by atoms with Crippen LogP contribution in [-0.2, 0) is 13.2 Å². The van der Waals surface area contributed by atoms with E-state index in [9.17, 15) is 10.1 Å². The fourth-order valence-electron chi connectivity index (χ4n) is 2.35. The summed E-state index contributed by atoms with van der Waals surface area (Å²) in [5, 5.41) is 50.1. The number of nitro benzene ring substituents is 1. The summed E-state index contributed by atoms with van der Waals surface area (Å²) in [4.78, 5) is 9.97. The number of aliphatic hydroxyl groups is 3. The Morgan fingerprint density at radius 3 is 1.59 bits per heavy atom. The summed E-state index contributed by atoms with van der Waals surface area (Å²) in [5.41, 5.74) is 8.78. The predicted molar refractivity (Wildman–Crippen MR) is 114 cm³/mol. The minimum Gasteiger partial charge on any atom is -0.400 e. The molecule has 32 heavy (non-hydrogen) atoms. The van der Waals surface area contributed by atoms with Gasteiger partial charge in [-0.3, -0.25) is 10.1 Å². The van der Waals surface area contributed by atoms with Crippen LogP contribution in [0.5, 0.6) is 0 Å². The van der Waals surface area contributed by atoms with Crippen molar-refractivity contribution in [2.75, 3.05) is 12.8 Å². The third-order valence-electron chi connectivity index (χ3n) is 3.89. The summed E-state index contributed by atoms with van der Waals surface area (Å²) >= 11 is 0. The summed E-state index contributed by atoms with van der Waals surface area (Å²) < 4.78 is 3.03. The Morgan fingerprint density at radius 2 is 1.25 bits per heavy atom. The summed E-state index contributed by atoms with van der Waals surface area (Å²) in [6.07, 6.45) is 3.23. The number of hydrogen-bond acceptors (Lipinski definition) is 10. The number of nitrogens with zero attached hydrogens (tertiary/aromatic N) is 7. The normalized spacial score (nSPS) is 9.88. The molecule has 0 saturated heterocycles. The summed E-state index contributed by atoms with van der Waals surface area (Å²) in [7, 11) is 1.00. The lowest BCUT2D eigenvalue weighted by Crippen LogP contribution is -1.95. The van der Waals surface area contributed by atoms with Crippen LogP contribution in [0.25, 0.3) is 11.4 Å². The van der Waals surface area contributed by atoms with Crippen molar-refractivity contribution in [3.8, 4) is 11.4 Å². The summed E-state index contributed by atoms with van der Waals surface area (Å²) in [6.45, 7) is -0.290. The highest BCUT2D eigenvalue weighted by molar-refractivity contribution is 5.44. The van der Waals surface area contributed by atoms with Gasteiger partial charge in [0, 0.05) is 24.9 Å². The average molecular weight is 442 g/mol. The highest BCUT2D eigenvalue weighted by Gasteiger charge is 2.06. The van der Waals surface area contributed by atoms with Crippen LogP contribution in [-0.4, -0.2) is 57.3 Å². The van der Waals surface area contributed by atoms with Crippen molar-refractivity contribution in [2.45, 2.75) is 13.2 Å². The van der Waals surface area contributed by atoms with Crippen molar-refractivity contribution in [1.29, 1.82) is 0 Å². The maximum Gasteiger partial charge on any atom is 0.269 e. The SMILES string of the molecule is CO.Nc1ccc(-n2cc(CO)nn2)cc1.O=[N+]([O-])c1ccc(-n2cc(CO)nn2)cc1. The molecular formula is C19H22N8O5. The molecule has 13 heteroatoms. The van der Waals surface area contributed by atoms with E-state index in [0.717, 1.165) is 12.8 Å². The standard InChI is InChI=1S/C9H8N4O3.C9H10N4O.CH4O/c14-6-7-5-12(11-10-7)8-1-3-9(4-2-8)13(15)16;10-7-1-3-9(4-2-7)13-5-8(6-14)11-12-13;1-2/h1-5,14H,6H2;1-5,14H,6,10H2;2H,1H3. The van der Waals surface area contributed by atoms with Gasteiger partial charge in [0.1, 0.15) is 11.4 Å². The van der Waals surface area contributed by atoms with Gasteiger partial charge in [-0.25, -0.2) is 9.36 Å². The molecular weight excluding hydrogens is 420 g/mol. The molecule has 0 bridgehead atoms. The molecule has 0 radical (unpaired) electrons. The molecule has 168 valence electrons. The fourth-order valence-corrected chi connectivity index (χ4v) is 2.35. The topological polar surface area (TPSA) is 191 Å². The number of nitrogens with two attached hydrogens (primary N) is 1. The molecule has 0 spiro atoms.